The van der Waals surface area contributed by atoms with Crippen molar-refractivity contribution in [3.63, 3.8) is 0 Å². The summed E-state index contributed by atoms with van der Waals surface area (Å²) in [6.45, 7) is 0. The van der Waals surface area contributed by atoms with Crippen LogP contribution in [0.4, 0.5) is 8.78 Å². The molecule has 1 aromatic carbocycles. The molecule has 0 saturated carbocycles. The second kappa shape index (κ2) is 3.82. The lowest BCUT2D eigenvalue weighted by molar-refractivity contribution is 0.100. The molecule has 4 nitrogen and oxygen atoms in total. The van der Waals surface area contributed by atoms with E-state index in [1.165, 1.54) is 0 Å². The van der Waals surface area contributed by atoms with E-state index in [9.17, 15) is 13.6 Å². The number of hydrogen-bond donors (Lipinski definition) is 2. The molecule has 0 saturated heterocycles. The predicted molar refractivity (Wildman–Crippen MR) is 46.5 cm³/mol. The van der Waals surface area contributed by atoms with Crippen molar-refractivity contribution >= 4 is 11.9 Å². The molecule has 0 bridgehead atoms. The predicted octanol–water partition coefficient (Wildman–Crippen LogP) is 0.378. The average molecular weight is 199 g/mol. The summed E-state index contributed by atoms with van der Waals surface area (Å²) >= 11 is 0. The zero-order valence-electron chi connectivity index (χ0n) is 7.00. The number of guanidine groups is 1. The van der Waals surface area contributed by atoms with Crippen molar-refractivity contribution in [3.05, 3.63) is 35.4 Å². The van der Waals surface area contributed by atoms with Gasteiger partial charge >= 0.3 is 0 Å². The highest BCUT2D eigenvalue weighted by atomic mass is 19.1. The van der Waals surface area contributed by atoms with Gasteiger partial charge in [0, 0.05) is 11.6 Å². The monoisotopic (exact) mass is 199 g/mol. The standard InChI is InChI=1S/C8H7F2N3O/c9-5-1-4(2-6(10)3-5)7(14)13-8(11)12/h1-3H,(H4,11,12,13,14). The van der Waals surface area contributed by atoms with Crippen LogP contribution >= 0.6 is 0 Å². The minimum absolute atomic E-state index is 0.240. The molecular weight excluding hydrogens is 192 g/mol. The Morgan fingerprint density at radius 2 is 1.64 bits per heavy atom. The molecule has 0 radical (unpaired) electrons. The number of amides is 1. The van der Waals surface area contributed by atoms with E-state index in [0.717, 1.165) is 12.1 Å². The highest BCUT2D eigenvalue weighted by molar-refractivity contribution is 6.01. The van der Waals surface area contributed by atoms with Crippen LogP contribution in [-0.2, 0) is 0 Å². The van der Waals surface area contributed by atoms with E-state index >= 15 is 0 Å². The third-order valence-electron chi connectivity index (χ3n) is 1.34. The third-order valence-corrected chi connectivity index (χ3v) is 1.34. The zero-order chi connectivity index (χ0) is 10.7. The summed E-state index contributed by atoms with van der Waals surface area (Å²) in [4.78, 5) is 14.2. The number of halogens is 2. The molecule has 74 valence electrons. The smallest absolute Gasteiger partial charge is 0.280 e. The van der Waals surface area contributed by atoms with Crippen LogP contribution in [0.25, 0.3) is 0 Å². The summed E-state index contributed by atoms with van der Waals surface area (Å²) in [6, 6.07) is 2.34. The number of hydrogen-bond acceptors (Lipinski definition) is 1. The fourth-order valence-electron chi connectivity index (χ4n) is 0.859. The quantitative estimate of drug-likeness (QED) is 0.506. The van der Waals surface area contributed by atoms with Gasteiger partial charge in [-0.25, -0.2) is 8.78 Å². The van der Waals surface area contributed by atoms with Gasteiger partial charge in [0.1, 0.15) is 11.6 Å². The lowest BCUT2D eigenvalue weighted by Gasteiger charge is -1.97. The average Bonchev–Trinajstić information content (AvgIpc) is 2.00. The molecule has 1 aromatic rings. The molecule has 0 aliphatic heterocycles. The molecule has 0 aromatic heterocycles. The van der Waals surface area contributed by atoms with E-state index in [-0.39, 0.29) is 5.56 Å². The molecule has 0 fully saturated rings. The molecular formula is C8H7F2N3O. The van der Waals surface area contributed by atoms with E-state index in [1.807, 2.05) is 0 Å². The second-order valence-corrected chi connectivity index (χ2v) is 2.50. The summed E-state index contributed by atoms with van der Waals surface area (Å²) in [6.07, 6.45) is 0. The van der Waals surface area contributed by atoms with Crippen molar-refractivity contribution in [3.8, 4) is 0 Å². The zero-order valence-corrected chi connectivity index (χ0v) is 7.00. The van der Waals surface area contributed by atoms with Gasteiger partial charge in [-0.15, -0.1) is 0 Å². The van der Waals surface area contributed by atoms with Crippen LogP contribution in [0.2, 0.25) is 0 Å². The van der Waals surface area contributed by atoms with Gasteiger partial charge in [-0.2, -0.15) is 4.99 Å². The normalized spacial score (nSPS) is 9.57. The largest absolute Gasteiger partial charge is 0.370 e. The van der Waals surface area contributed by atoms with Gasteiger partial charge in [0.2, 0.25) is 0 Å². The van der Waals surface area contributed by atoms with Crippen molar-refractivity contribution in [2.75, 3.05) is 0 Å². The first-order valence-electron chi connectivity index (χ1n) is 3.59. The van der Waals surface area contributed by atoms with Gasteiger partial charge in [0.05, 0.1) is 0 Å². The highest BCUT2D eigenvalue weighted by Crippen LogP contribution is 2.08. The summed E-state index contributed by atoms with van der Waals surface area (Å²) in [5, 5.41) is 0. The second-order valence-electron chi connectivity index (χ2n) is 2.50. The molecule has 4 N–H and O–H groups in total. The molecule has 0 aliphatic carbocycles. The molecule has 14 heavy (non-hydrogen) atoms. The van der Waals surface area contributed by atoms with E-state index in [0.29, 0.717) is 6.07 Å². The molecule has 0 spiro atoms. The summed E-state index contributed by atoms with van der Waals surface area (Å²) in [7, 11) is 0. The number of carbonyl (C=O) groups is 1. The number of nitrogens with zero attached hydrogens (tertiary/aromatic N) is 1. The van der Waals surface area contributed by atoms with Gasteiger partial charge in [-0.1, -0.05) is 0 Å². The van der Waals surface area contributed by atoms with Crippen LogP contribution in [-0.4, -0.2) is 11.9 Å². The fraction of sp³-hybridized carbons (Fsp3) is 0. The van der Waals surface area contributed by atoms with Crippen LogP contribution in [0.1, 0.15) is 10.4 Å². The van der Waals surface area contributed by atoms with E-state index in [4.69, 9.17) is 11.5 Å². The number of carbonyl (C=O) groups excluding carboxylic acids is 1. The van der Waals surface area contributed by atoms with Crippen molar-refractivity contribution in [1.82, 2.24) is 0 Å². The molecule has 0 heterocycles. The lowest BCUT2D eigenvalue weighted by atomic mass is 10.2. The van der Waals surface area contributed by atoms with Crippen molar-refractivity contribution in [1.29, 1.82) is 0 Å². The Balaban J connectivity index is 3.08. The van der Waals surface area contributed by atoms with Gasteiger partial charge in [0.25, 0.3) is 5.91 Å². The third kappa shape index (κ3) is 2.51. The summed E-state index contributed by atoms with van der Waals surface area (Å²) < 4.78 is 25.2. The summed E-state index contributed by atoms with van der Waals surface area (Å²) in [5.74, 6) is -3.07. The molecule has 1 amide bonds. The van der Waals surface area contributed by atoms with Crippen LogP contribution in [0, 0.1) is 11.6 Å². The molecule has 0 aliphatic rings. The lowest BCUT2D eigenvalue weighted by Crippen LogP contribution is -2.24. The molecule has 6 heteroatoms. The Kier molecular flexibility index (Phi) is 2.76. The Hall–Kier alpha value is -1.98. The fourth-order valence-corrected chi connectivity index (χ4v) is 0.859. The molecule has 0 atom stereocenters. The minimum Gasteiger partial charge on any atom is -0.370 e. The maximum absolute atomic E-state index is 12.6. The van der Waals surface area contributed by atoms with E-state index in [2.05, 4.69) is 4.99 Å². The maximum Gasteiger partial charge on any atom is 0.280 e. The van der Waals surface area contributed by atoms with Gasteiger partial charge in [0.15, 0.2) is 5.96 Å². The maximum atomic E-state index is 12.6. The van der Waals surface area contributed by atoms with Gasteiger partial charge in [-0.3, -0.25) is 4.79 Å². The number of benzene rings is 1. The Bertz CT molecular complexity index is 379. The first-order chi connectivity index (χ1) is 6.49. The van der Waals surface area contributed by atoms with Gasteiger partial charge < -0.3 is 11.5 Å². The highest BCUT2D eigenvalue weighted by Gasteiger charge is 2.07. The first-order valence-corrected chi connectivity index (χ1v) is 3.59. The van der Waals surface area contributed by atoms with Crippen LogP contribution in [0.5, 0.6) is 0 Å². The Morgan fingerprint density at radius 1 is 1.14 bits per heavy atom. The topological polar surface area (TPSA) is 81.5 Å². The number of nitrogens with two attached hydrogens (primary N) is 2. The van der Waals surface area contributed by atoms with E-state index < -0.39 is 23.5 Å². The molecule has 1 rings (SSSR count). The first kappa shape index (κ1) is 10.1. The SMILES string of the molecule is NC(N)=NC(=O)c1cc(F)cc(F)c1. The summed E-state index contributed by atoms with van der Waals surface area (Å²) in [5.41, 5.74) is 9.61. The number of rotatable bonds is 1. The van der Waals surface area contributed by atoms with Crippen LogP contribution in [0.3, 0.4) is 0 Å². The van der Waals surface area contributed by atoms with Gasteiger partial charge in [-0.05, 0) is 12.1 Å². The van der Waals surface area contributed by atoms with Crippen molar-refractivity contribution < 1.29 is 13.6 Å². The Morgan fingerprint density at radius 3 is 2.07 bits per heavy atom. The van der Waals surface area contributed by atoms with Crippen molar-refractivity contribution in [2.45, 2.75) is 0 Å². The van der Waals surface area contributed by atoms with Crippen LogP contribution in [0.15, 0.2) is 23.2 Å². The Labute approximate surface area is 78.2 Å². The van der Waals surface area contributed by atoms with Crippen molar-refractivity contribution in [2.24, 2.45) is 16.5 Å². The minimum atomic E-state index is -0.886. The van der Waals surface area contributed by atoms with Crippen LogP contribution < -0.4 is 11.5 Å². The number of aliphatic imine (C=N–C) groups is 1. The van der Waals surface area contributed by atoms with E-state index in [1.54, 1.807) is 0 Å². The molecule has 0 unspecified atom stereocenters.